The molecule has 15 heavy (non-hydrogen) atoms. The highest BCUT2D eigenvalue weighted by Crippen LogP contribution is 2.28. The molecular formula is C13H27NO. The Morgan fingerprint density at radius 1 is 1.27 bits per heavy atom. The molecule has 1 fully saturated rings. The molecule has 0 spiro atoms. The summed E-state index contributed by atoms with van der Waals surface area (Å²) < 4.78 is 5.54. The summed E-state index contributed by atoms with van der Waals surface area (Å²) in [4.78, 5) is 0. The molecule has 0 aromatic heterocycles. The monoisotopic (exact) mass is 213 g/mol. The molecule has 0 aromatic rings. The van der Waals surface area contributed by atoms with Crippen LogP contribution < -0.4 is 5.32 Å². The largest absolute Gasteiger partial charge is 0.380 e. The second-order valence-electron chi connectivity index (χ2n) is 4.70. The van der Waals surface area contributed by atoms with E-state index in [1.54, 1.807) is 0 Å². The van der Waals surface area contributed by atoms with Crippen molar-refractivity contribution in [2.75, 3.05) is 19.8 Å². The molecule has 2 nitrogen and oxygen atoms in total. The lowest BCUT2D eigenvalue weighted by Gasteiger charge is -2.21. The van der Waals surface area contributed by atoms with E-state index in [1.807, 2.05) is 0 Å². The van der Waals surface area contributed by atoms with Crippen LogP contribution >= 0.6 is 0 Å². The van der Waals surface area contributed by atoms with E-state index >= 15 is 0 Å². The smallest absolute Gasteiger partial charge is 0.0619 e. The Labute approximate surface area is 94.8 Å². The molecule has 1 aliphatic carbocycles. The SMILES string of the molecule is CCCNC(COCC)CC1CCCC1. The van der Waals surface area contributed by atoms with Crippen molar-refractivity contribution in [1.29, 1.82) is 0 Å². The van der Waals surface area contributed by atoms with E-state index < -0.39 is 0 Å². The predicted molar refractivity (Wildman–Crippen MR) is 65.1 cm³/mol. The standard InChI is InChI=1S/C13H27NO/c1-3-9-14-13(11-15-4-2)10-12-7-5-6-8-12/h12-14H,3-11H2,1-2H3. The first-order valence-corrected chi connectivity index (χ1v) is 6.68. The first kappa shape index (κ1) is 13.0. The highest BCUT2D eigenvalue weighted by Gasteiger charge is 2.19. The van der Waals surface area contributed by atoms with E-state index in [2.05, 4.69) is 19.2 Å². The second kappa shape index (κ2) is 8.12. The van der Waals surface area contributed by atoms with Gasteiger partial charge in [0.1, 0.15) is 0 Å². The van der Waals surface area contributed by atoms with Gasteiger partial charge in [-0.2, -0.15) is 0 Å². The van der Waals surface area contributed by atoms with Gasteiger partial charge in [-0.15, -0.1) is 0 Å². The lowest BCUT2D eigenvalue weighted by atomic mass is 9.99. The second-order valence-corrected chi connectivity index (χ2v) is 4.70. The van der Waals surface area contributed by atoms with E-state index in [-0.39, 0.29) is 0 Å². The molecule has 1 saturated carbocycles. The zero-order valence-corrected chi connectivity index (χ0v) is 10.4. The third-order valence-electron chi connectivity index (χ3n) is 3.30. The molecule has 0 aromatic carbocycles. The summed E-state index contributed by atoms with van der Waals surface area (Å²) in [6, 6.07) is 0.591. The number of rotatable bonds is 8. The average molecular weight is 213 g/mol. The number of hydrogen-bond acceptors (Lipinski definition) is 2. The van der Waals surface area contributed by atoms with E-state index in [4.69, 9.17) is 4.74 Å². The maximum absolute atomic E-state index is 5.54. The summed E-state index contributed by atoms with van der Waals surface area (Å²) in [5.74, 6) is 0.958. The van der Waals surface area contributed by atoms with Crippen LogP contribution in [0.15, 0.2) is 0 Å². The maximum atomic E-state index is 5.54. The molecule has 1 N–H and O–H groups in total. The molecule has 0 bridgehead atoms. The van der Waals surface area contributed by atoms with Gasteiger partial charge in [0.2, 0.25) is 0 Å². The van der Waals surface area contributed by atoms with Gasteiger partial charge in [0.25, 0.3) is 0 Å². The van der Waals surface area contributed by atoms with Crippen LogP contribution in [0, 0.1) is 5.92 Å². The Morgan fingerprint density at radius 2 is 2.00 bits per heavy atom. The lowest BCUT2D eigenvalue weighted by molar-refractivity contribution is 0.114. The van der Waals surface area contributed by atoms with Crippen molar-refractivity contribution in [2.45, 2.75) is 58.4 Å². The molecule has 0 aliphatic heterocycles. The van der Waals surface area contributed by atoms with Crippen LogP contribution in [0.3, 0.4) is 0 Å². The van der Waals surface area contributed by atoms with Gasteiger partial charge in [-0.05, 0) is 32.2 Å². The van der Waals surface area contributed by atoms with E-state index in [0.717, 1.165) is 25.7 Å². The first-order chi connectivity index (χ1) is 7.36. The molecule has 1 atom stereocenters. The summed E-state index contributed by atoms with van der Waals surface area (Å²) in [5.41, 5.74) is 0. The van der Waals surface area contributed by atoms with Crippen LogP contribution in [0.4, 0.5) is 0 Å². The molecule has 0 radical (unpaired) electrons. The third kappa shape index (κ3) is 5.53. The van der Waals surface area contributed by atoms with Crippen molar-refractivity contribution in [1.82, 2.24) is 5.32 Å². The fourth-order valence-corrected chi connectivity index (χ4v) is 2.47. The molecule has 90 valence electrons. The average Bonchev–Trinajstić information content (AvgIpc) is 2.74. The minimum absolute atomic E-state index is 0.591. The van der Waals surface area contributed by atoms with E-state index in [0.29, 0.717) is 6.04 Å². The van der Waals surface area contributed by atoms with Crippen LogP contribution in [-0.4, -0.2) is 25.8 Å². The Balaban J connectivity index is 2.19. The van der Waals surface area contributed by atoms with Crippen molar-refractivity contribution >= 4 is 0 Å². The molecule has 1 aliphatic rings. The fraction of sp³-hybridized carbons (Fsp3) is 1.00. The third-order valence-corrected chi connectivity index (χ3v) is 3.30. The molecule has 0 heterocycles. The Hall–Kier alpha value is -0.0800. The summed E-state index contributed by atoms with van der Waals surface area (Å²) in [7, 11) is 0. The van der Waals surface area contributed by atoms with Crippen molar-refractivity contribution in [3.63, 3.8) is 0 Å². The zero-order chi connectivity index (χ0) is 10.9. The van der Waals surface area contributed by atoms with Gasteiger partial charge >= 0.3 is 0 Å². The molecule has 0 saturated heterocycles. The Bertz CT molecular complexity index is 135. The molecular weight excluding hydrogens is 186 g/mol. The van der Waals surface area contributed by atoms with Crippen molar-refractivity contribution in [3.05, 3.63) is 0 Å². The fourth-order valence-electron chi connectivity index (χ4n) is 2.47. The van der Waals surface area contributed by atoms with Crippen molar-refractivity contribution < 1.29 is 4.74 Å². The summed E-state index contributed by atoms with van der Waals surface area (Å²) in [6.45, 7) is 7.17. The summed E-state index contributed by atoms with van der Waals surface area (Å²) >= 11 is 0. The van der Waals surface area contributed by atoms with Gasteiger partial charge in [0, 0.05) is 12.6 Å². The molecule has 1 rings (SSSR count). The van der Waals surface area contributed by atoms with E-state index in [1.165, 1.54) is 38.5 Å². The minimum Gasteiger partial charge on any atom is -0.380 e. The summed E-state index contributed by atoms with van der Waals surface area (Å²) in [6.07, 6.45) is 8.31. The maximum Gasteiger partial charge on any atom is 0.0619 e. The van der Waals surface area contributed by atoms with Crippen molar-refractivity contribution in [3.8, 4) is 0 Å². The Morgan fingerprint density at radius 3 is 2.60 bits per heavy atom. The van der Waals surface area contributed by atoms with Crippen LogP contribution in [0.5, 0.6) is 0 Å². The van der Waals surface area contributed by atoms with Gasteiger partial charge in [0.05, 0.1) is 6.61 Å². The molecule has 1 unspecified atom stereocenters. The highest BCUT2D eigenvalue weighted by molar-refractivity contribution is 4.75. The van der Waals surface area contributed by atoms with Crippen LogP contribution in [0.2, 0.25) is 0 Å². The number of hydrogen-bond donors (Lipinski definition) is 1. The van der Waals surface area contributed by atoms with Crippen LogP contribution in [0.1, 0.15) is 52.4 Å². The normalized spacial score (nSPS) is 19.6. The van der Waals surface area contributed by atoms with Crippen LogP contribution in [0.25, 0.3) is 0 Å². The van der Waals surface area contributed by atoms with Gasteiger partial charge in [-0.25, -0.2) is 0 Å². The number of nitrogens with one attached hydrogen (secondary N) is 1. The minimum atomic E-state index is 0.591. The predicted octanol–water partition coefficient (Wildman–Crippen LogP) is 2.97. The number of ether oxygens (including phenoxy) is 1. The Kier molecular flexibility index (Phi) is 7.03. The van der Waals surface area contributed by atoms with Gasteiger partial charge in [0.15, 0.2) is 0 Å². The van der Waals surface area contributed by atoms with Crippen molar-refractivity contribution in [2.24, 2.45) is 5.92 Å². The zero-order valence-electron chi connectivity index (χ0n) is 10.4. The van der Waals surface area contributed by atoms with Crippen LogP contribution in [-0.2, 0) is 4.74 Å². The van der Waals surface area contributed by atoms with Gasteiger partial charge in [-0.3, -0.25) is 0 Å². The highest BCUT2D eigenvalue weighted by atomic mass is 16.5. The molecule has 2 heteroatoms. The van der Waals surface area contributed by atoms with E-state index in [9.17, 15) is 0 Å². The quantitative estimate of drug-likeness (QED) is 0.669. The molecule has 0 amide bonds. The van der Waals surface area contributed by atoms with Gasteiger partial charge < -0.3 is 10.1 Å². The van der Waals surface area contributed by atoms with Gasteiger partial charge in [-0.1, -0.05) is 32.6 Å². The topological polar surface area (TPSA) is 21.3 Å². The first-order valence-electron chi connectivity index (χ1n) is 6.68. The summed E-state index contributed by atoms with van der Waals surface area (Å²) in [5, 5.41) is 3.61. The lowest BCUT2D eigenvalue weighted by Crippen LogP contribution is -2.35.